The third-order valence-electron chi connectivity index (χ3n) is 5.55. The third kappa shape index (κ3) is 5.15. The molecule has 2 heterocycles. The molecule has 0 radical (unpaired) electrons. The molecule has 1 amide bonds. The van der Waals surface area contributed by atoms with E-state index in [-0.39, 0.29) is 18.5 Å². The van der Waals surface area contributed by atoms with Gasteiger partial charge in [-0.05, 0) is 35.2 Å². The summed E-state index contributed by atoms with van der Waals surface area (Å²) < 4.78 is 66.1. The fraction of sp³-hybridized carbons (Fsp3) is 0.381. The molecule has 1 fully saturated rings. The lowest BCUT2D eigenvalue weighted by Gasteiger charge is -2.23. The maximum Gasteiger partial charge on any atom is 0.433 e. The highest BCUT2D eigenvalue weighted by Gasteiger charge is 2.45. The normalized spacial score (nSPS) is 18.8. The summed E-state index contributed by atoms with van der Waals surface area (Å²) in [5, 5.41) is 14.3. The van der Waals surface area contributed by atoms with Gasteiger partial charge in [0.25, 0.3) is 0 Å². The lowest BCUT2D eigenvalue weighted by molar-refractivity contribution is -0.141. The van der Waals surface area contributed by atoms with Gasteiger partial charge >= 0.3 is 6.18 Å². The lowest BCUT2D eigenvalue weighted by Crippen LogP contribution is -2.27. The Morgan fingerprint density at radius 2 is 1.91 bits per heavy atom. The Balaban J connectivity index is 1.59. The predicted molar refractivity (Wildman–Crippen MR) is 107 cm³/mol. The van der Waals surface area contributed by atoms with E-state index in [0.717, 1.165) is 18.3 Å². The number of hydrogen-bond donors (Lipinski definition) is 1. The Morgan fingerprint density at radius 1 is 1.18 bits per heavy atom. The number of alkyl halides is 5. The van der Waals surface area contributed by atoms with Gasteiger partial charge in [-0.3, -0.25) is 4.79 Å². The molecule has 0 unspecified atom stereocenters. The summed E-state index contributed by atoms with van der Waals surface area (Å²) in [7, 11) is 1.61. The first-order valence-corrected chi connectivity index (χ1v) is 10.1. The van der Waals surface area contributed by atoms with Gasteiger partial charge in [-0.2, -0.15) is 18.0 Å². The van der Waals surface area contributed by atoms with Crippen molar-refractivity contribution in [2.45, 2.75) is 37.3 Å². The Hall–Kier alpha value is -3.44. The molecule has 2 atom stereocenters. The molecular formula is C21H19F5N6O. The number of benzene rings is 1. The maximum absolute atomic E-state index is 13.9. The van der Waals surface area contributed by atoms with Gasteiger partial charge in [-0.15, -0.1) is 10.2 Å². The Kier molecular flexibility index (Phi) is 5.85. The molecule has 1 aliphatic rings. The molecule has 2 aromatic heterocycles. The molecule has 7 nitrogen and oxygen atoms in total. The summed E-state index contributed by atoms with van der Waals surface area (Å²) in [6.45, 7) is 0. The molecule has 3 aromatic rings. The van der Waals surface area contributed by atoms with E-state index in [1.54, 1.807) is 31.3 Å². The summed E-state index contributed by atoms with van der Waals surface area (Å²) in [5.41, 5.74) is 0.0845. The van der Waals surface area contributed by atoms with Crippen molar-refractivity contribution in [2.75, 3.05) is 5.32 Å². The molecule has 33 heavy (non-hydrogen) atoms. The number of nitrogens with zero attached hydrogens (tertiary/aromatic N) is 5. The van der Waals surface area contributed by atoms with Gasteiger partial charge in [0.15, 0.2) is 0 Å². The second kappa shape index (κ2) is 8.49. The highest BCUT2D eigenvalue weighted by atomic mass is 19.4. The molecule has 1 aliphatic carbocycles. The van der Waals surface area contributed by atoms with Crippen LogP contribution < -0.4 is 5.32 Å². The fourth-order valence-corrected chi connectivity index (χ4v) is 4.00. The van der Waals surface area contributed by atoms with Crippen LogP contribution in [0.4, 0.5) is 27.6 Å². The first-order chi connectivity index (χ1) is 15.5. The van der Waals surface area contributed by atoms with E-state index in [4.69, 9.17) is 0 Å². The zero-order chi connectivity index (χ0) is 23.8. The smallest absolute Gasteiger partial charge is 0.324 e. The minimum Gasteiger partial charge on any atom is -0.324 e. The van der Waals surface area contributed by atoms with E-state index in [2.05, 4.69) is 25.7 Å². The van der Waals surface area contributed by atoms with E-state index in [0.29, 0.717) is 17.0 Å². The van der Waals surface area contributed by atoms with Crippen LogP contribution in [-0.4, -0.2) is 37.0 Å². The minimum atomic E-state index is -4.61. The van der Waals surface area contributed by atoms with Crippen LogP contribution in [0.5, 0.6) is 0 Å². The first kappa shape index (κ1) is 22.7. The van der Waals surface area contributed by atoms with Crippen molar-refractivity contribution in [1.29, 1.82) is 0 Å². The Morgan fingerprint density at radius 3 is 2.42 bits per heavy atom. The third-order valence-corrected chi connectivity index (χ3v) is 5.55. The summed E-state index contributed by atoms with van der Waals surface area (Å²) in [5.74, 6) is -4.66. The minimum absolute atomic E-state index is 0.0446. The highest BCUT2D eigenvalue weighted by molar-refractivity contribution is 5.96. The monoisotopic (exact) mass is 466 g/mol. The standard InChI is InChI=1S/C21H19F5N6O/c1-32-30-18(29-31-32)13-4-2-12(3-5-13)17(14-8-9-20(22,23)10-14)19(33)28-15-6-7-16(27-11-15)21(24,25)26/h2-7,11,14,17H,8-10H2,1H3,(H,28,33)/t14-,17+/m0/s1. The number of aromatic nitrogens is 5. The molecule has 4 rings (SSSR count). The fourth-order valence-electron chi connectivity index (χ4n) is 4.00. The van der Waals surface area contributed by atoms with Gasteiger partial charge in [0.2, 0.25) is 17.7 Å². The zero-order valence-corrected chi connectivity index (χ0v) is 17.4. The van der Waals surface area contributed by atoms with Crippen molar-refractivity contribution >= 4 is 11.6 Å². The van der Waals surface area contributed by atoms with Gasteiger partial charge in [-0.25, -0.2) is 13.8 Å². The van der Waals surface area contributed by atoms with Crippen LogP contribution in [0.2, 0.25) is 0 Å². The molecule has 1 saturated carbocycles. The van der Waals surface area contributed by atoms with Crippen molar-refractivity contribution in [2.24, 2.45) is 13.0 Å². The van der Waals surface area contributed by atoms with Crippen molar-refractivity contribution in [1.82, 2.24) is 25.2 Å². The number of nitrogens with one attached hydrogen (secondary N) is 1. The van der Waals surface area contributed by atoms with E-state index >= 15 is 0 Å². The van der Waals surface area contributed by atoms with Crippen LogP contribution in [-0.2, 0) is 18.0 Å². The Bertz CT molecular complexity index is 1130. The number of carbonyl (C=O) groups is 1. The Labute approximate surface area is 185 Å². The molecule has 0 bridgehead atoms. The second-order valence-electron chi connectivity index (χ2n) is 7.98. The van der Waals surface area contributed by atoms with Gasteiger partial charge in [0.1, 0.15) is 5.69 Å². The average molecular weight is 466 g/mol. The van der Waals surface area contributed by atoms with Crippen LogP contribution in [0.25, 0.3) is 11.4 Å². The number of hydrogen-bond acceptors (Lipinski definition) is 5. The summed E-state index contributed by atoms with van der Waals surface area (Å²) in [4.78, 5) is 17.7. The van der Waals surface area contributed by atoms with Crippen LogP contribution >= 0.6 is 0 Å². The maximum atomic E-state index is 13.9. The first-order valence-electron chi connectivity index (χ1n) is 10.1. The molecular weight excluding hydrogens is 447 g/mol. The number of anilines is 1. The van der Waals surface area contributed by atoms with E-state index in [9.17, 15) is 26.7 Å². The summed E-state index contributed by atoms with van der Waals surface area (Å²) in [6.07, 6.45) is -4.36. The van der Waals surface area contributed by atoms with E-state index in [1.165, 1.54) is 4.80 Å². The van der Waals surface area contributed by atoms with Crippen LogP contribution in [0.1, 0.15) is 36.4 Å². The molecule has 1 aromatic carbocycles. The summed E-state index contributed by atoms with van der Waals surface area (Å²) in [6, 6.07) is 8.43. The van der Waals surface area contributed by atoms with Gasteiger partial charge in [0, 0.05) is 18.4 Å². The van der Waals surface area contributed by atoms with Gasteiger partial charge in [0.05, 0.1) is 24.8 Å². The van der Waals surface area contributed by atoms with E-state index < -0.39 is 42.0 Å². The topological polar surface area (TPSA) is 85.6 Å². The molecule has 0 spiro atoms. The number of aryl methyl sites for hydroxylation is 1. The zero-order valence-electron chi connectivity index (χ0n) is 17.4. The second-order valence-corrected chi connectivity index (χ2v) is 7.98. The van der Waals surface area contributed by atoms with Crippen LogP contribution in [0.3, 0.4) is 0 Å². The van der Waals surface area contributed by atoms with Crippen molar-refractivity contribution in [3.8, 4) is 11.4 Å². The number of halogens is 5. The number of tetrazole rings is 1. The SMILES string of the molecule is Cn1nnc(-c2ccc([C@@H](C(=O)Nc3ccc(C(F)(F)F)nc3)[C@H]3CCC(F)(F)C3)cc2)n1. The summed E-state index contributed by atoms with van der Waals surface area (Å²) >= 11 is 0. The molecule has 0 saturated heterocycles. The van der Waals surface area contributed by atoms with E-state index in [1.807, 2.05) is 0 Å². The van der Waals surface area contributed by atoms with Crippen molar-refractivity contribution in [3.05, 3.63) is 53.9 Å². The number of amides is 1. The number of rotatable bonds is 5. The van der Waals surface area contributed by atoms with Crippen molar-refractivity contribution < 1.29 is 26.7 Å². The predicted octanol–water partition coefficient (Wildman–Crippen LogP) is 4.45. The lowest BCUT2D eigenvalue weighted by atomic mass is 9.83. The van der Waals surface area contributed by atoms with Gasteiger partial charge < -0.3 is 5.32 Å². The highest BCUT2D eigenvalue weighted by Crippen LogP contribution is 2.46. The number of pyridine rings is 1. The van der Waals surface area contributed by atoms with Crippen molar-refractivity contribution in [3.63, 3.8) is 0 Å². The van der Waals surface area contributed by atoms with Crippen LogP contribution in [0, 0.1) is 5.92 Å². The quantitative estimate of drug-likeness (QED) is 0.562. The van der Waals surface area contributed by atoms with Gasteiger partial charge in [-0.1, -0.05) is 24.3 Å². The average Bonchev–Trinajstić information content (AvgIpc) is 3.33. The molecule has 12 heteroatoms. The largest absolute Gasteiger partial charge is 0.433 e. The number of carbonyl (C=O) groups excluding carboxylic acids is 1. The van der Waals surface area contributed by atoms with Crippen LogP contribution in [0.15, 0.2) is 42.6 Å². The molecule has 1 N–H and O–H groups in total. The molecule has 174 valence electrons. The molecule has 0 aliphatic heterocycles.